The van der Waals surface area contributed by atoms with Crippen molar-refractivity contribution in [1.82, 2.24) is 9.21 Å². The Morgan fingerprint density at radius 3 is 2.72 bits per heavy atom. The van der Waals surface area contributed by atoms with Crippen LogP contribution < -0.4 is 0 Å². The Morgan fingerprint density at radius 1 is 1.40 bits per heavy atom. The second-order valence-corrected chi connectivity index (χ2v) is 8.57. The summed E-state index contributed by atoms with van der Waals surface area (Å²) in [6.07, 6.45) is 0.870. The highest BCUT2D eigenvalue weighted by atomic mass is 35.5. The number of carbonyl (C=O) groups is 2. The number of halogens is 2. The van der Waals surface area contributed by atoms with Gasteiger partial charge in [-0.15, -0.1) is 0 Å². The maximum Gasteiger partial charge on any atom is 0.337 e. The number of carbonyl (C=O) groups excluding carboxylic acids is 1. The second kappa shape index (κ2) is 6.22. The van der Waals surface area contributed by atoms with Crippen LogP contribution in [0.2, 0.25) is 5.02 Å². The average molecular weight is 391 g/mol. The molecule has 25 heavy (non-hydrogen) atoms. The molecule has 1 aromatic carbocycles. The Hall–Kier alpha value is -1.71. The molecule has 3 rings (SSSR count). The van der Waals surface area contributed by atoms with Gasteiger partial charge in [-0.3, -0.25) is 4.79 Å². The molecule has 0 bridgehead atoms. The smallest absolute Gasteiger partial charge is 0.337 e. The van der Waals surface area contributed by atoms with Crippen molar-refractivity contribution >= 4 is 33.5 Å². The molecule has 2 fully saturated rings. The lowest BCUT2D eigenvalue weighted by molar-refractivity contribution is -0.127. The van der Waals surface area contributed by atoms with E-state index in [9.17, 15) is 22.4 Å². The van der Waals surface area contributed by atoms with E-state index in [2.05, 4.69) is 0 Å². The largest absolute Gasteiger partial charge is 0.478 e. The van der Waals surface area contributed by atoms with Crippen LogP contribution in [0.25, 0.3) is 0 Å². The van der Waals surface area contributed by atoms with E-state index in [0.29, 0.717) is 18.9 Å². The molecule has 136 valence electrons. The number of nitrogens with zero attached hydrogens (tertiary/aromatic N) is 2. The number of hydrogen-bond acceptors (Lipinski definition) is 4. The van der Waals surface area contributed by atoms with Crippen molar-refractivity contribution in [3.05, 3.63) is 28.5 Å². The van der Waals surface area contributed by atoms with Gasteiger partial charge in [0.15, 0.2) is 0 Å². The number of amides is 1. The summed E-state index contributed by atoms with van der Waals surface area (Å²) >= 11 is 5.67. The molecular weight excluding hydrogens is 375 g/mol. The summed E-state index contributed by atoms with van der Waals surface area (Å²) in [6, 6.07) is 1.17. The summed E-state index contributed by atoms with van der Waals surface area (Å²) in [5.41, 5.74) is -0.482. The topological polar surface area (TPSA) is 95.0 Å². The van der Waals surface area contributed by atoms with Gasteiger partial charge in [-0.05, 0) is 24.5 Å². The minimum atomic E-state index is -4.25. The molecular formula is C15H16ClFN2O5S. The van der Waals surface area contributed by atoms with Crippen LogP contribution in [0, 0.1) is 11.7 Å². The van der Waals surface area contributed by atoms with Gasteiger partial charge in [0.05, 0.1) is 10.6 Å². The molecule has 1 N–H and O–H groups in total. The van der Waals surface area contributed by atoms with E-state index < -0.39 is 32.3 Å². The zero-order chi connectivity index (χ0) is 18.5. The summed E-state index contributed by atoms with van der Waals surface area (Å²) in [6.45, 7) is 0.203. The van der Waals surface area contributed by atoms with Crippen molar-refractivity contribution in [1.29, 1.82) is 0 Å². The van der Waals surface area contributed by atoms with Crippen molar-refractivity contribution in [2.45, 2.75) is 23.8 Å². The molecule has 0 saturated carbocycles. The van der Waals surface area contributed by atoms with Crippen LogP contribution in [-0.4, -0.2) is 60.8 Å². The monoisotopic (exact) mass is 390 g/mol. The van der Waals surface area contributed by atoms with E-state index in [1.807, 2.05) is 0 Å². The number of aromatic carboxylic acids is 1. The van der Waals surface area contributed by atoms with E-state index in [4.69, 9.17) is 16.7 Å². The van der Waals surface area contributed by atoms with Gasteiger partial charge in [-0.25, -0.2) is 17.6 Å². The first-order chi connectivity index (χ1) is 11.6. The summed E-state index contributed by atoms with van der Waals surface area (Å²) in [7, 11) is -2.63. The molecule has 0 spiro atoms. The fourth-order valence-electron chi connectivity index (χ4n) is 3.43. The number of sulfonamides is 1. The number of piperidine rings is 1. The van der Waals surface area contributed by atoms with Crippen molar-refractivity contribution in [3.63, 3.8) is 0 Å². The molecule has 0 aliphatic carbocycles. The predicted octanol–water partition coefficient (Wildman–Crippen LogP) is 1.42. The summed E-state index contributed by atoms with van der Waals surface area (Å²) < 4.78 is 40.9. The van der Waals surface area contributed by atoms with Gasteiger partial charge in [-0.2, -0.15) is 4.31 Å². The Balaban J connectivity index is 1.96. The normalized spacial score (nSPS) is 24.4. The minimum absolute atomic E-state index is 0.0416. The molecule has 1 amide bonds. The highest BCUT2D eigenvalue weighted by molar-refractivity contribution is 7.89. The van der Waals surface area contributed by atoms with Gasteiger partial charge in [0.1, 0.15) is 10.7 Å². The molecule has 0 unspecified atom stereocenters. The zero-order valence-corrected chi connectivity index (χ0v) is 14.8. The number of benzene rings is 1. The predicted molar refractivity (Wildman–Crippen MR) is 86.4 cm³/mol. The Labute approximate surface area is 149 Å². The van der Waals surface area contributed by atoms with Gasteiger partial charge < -0.3 is 10.0 Å². The third-order valence-corrected chi connectivity index (χ3v) is 7.07. The lowest BCUT2D eigenvalue weighted by Gasteiger charge is -2.36. The fraction of sp³-hybridized carbons (Fsp3) is 0.467. The maximum atomic E-state index is 14.2. The molecule has 2 heterocycles. The first-order valence-electron chi connectivity index (χ1n) is 7.61. The van der Waals surface area contributed by atoms with E-state index in [-0.39, 0.29) is 36.0 Å². The zero-order valence-electron chi connectivity index (χ0n) is 13.3. The standard InChI is InChI=1S/C15H16ClFN2O5S/c1-18-12-7-19(3-2-8(12)4-14(18)20)25(23,24)13-5-9(15(21)22)10(16)6-11(13)17/h5-6,8,12H,2-4,7H2,1H3,(H,21,22)/t8-,12-/m1/s1. The third-order valence-electron chi connectivity index (χ3n) is 4.88. The van der Waals surface area contributed by atoms with Crippen LogP contribution >= 0.6 is 11.6 Å². The Kier molecular flexibility index (Phi) is 4.50. The lowest BCUT2D eigenvalue weighted by Crippen LogP contribution is -2.49. The summed E-state index contributed by atoms with van der Waals surface area (Å²) in [5.74, 6) is -2.51. The number of rotatable bonds is 3. The van der Waals surface area contributed by atoms with Crippen molar-refractivity contribution in [2.75, 3.05) is 20.1 Å². The van der Waals surface area contributed by atoms with Crippen molar-refractivity contribution < 1.29 is 27.5 Å². The molecule has 7 nitrogen and oxygen atoms in total. The molecule has 2 aliphatic rings. The number of carboxylic acids is 1. The average Bonchev–Trinajstić information content (AvgIpc) is 2.81. The van der Waals surface area contributed by atoms with Crippen LogP contribution in [0.3, 0.4) is 0 Å². The second-order valence-electron chi connectivity index (χ2n) is 6.26. The number of likely N-dealkylation sites (tertiary alicyclic amines) is 1. The van der Waals surface area contributed by atoms with Gasteiger partial charge >= 0.3 is 5.97 Å². The lowest BCUT2D eigenvalue weighted by atomic mass is 9.93. The highest BCUT2D eigenvalue weighted by Gasteiger charge is 2.44. The SMILES string of the molecule is CN1C(=O)C[C@H]2CCN(S(=O)(=O)c3cc(C(=O)O)c(Cl)cc3F)C[C@H]21. The number of likely N-dealkylation sites (N-methyl/N-ethyl adjacent to an activating group) is 1. The molecule has 2 atom stereocenters. The molecule has 0 radical (unpaired) electrons. The summed E-state index contributed by atoms with van der Waals surface area (Å²) in [4.78, 5) is 23.8. The van der Waals surface area contributed by atoms with Crippen LogP contribution in [0.15, 0.2) is 17.0 Å². The third kappa shape index (κ3) is 3.00. The van der Waals surface area contributed by atoms with Crippen LogP contribution in [0.1, 0.15) is 23.2 Å². The quantitative estimate of drug-likeness (QED) is 0.842. The highest BCUT2D eigenvalue weighted by Crippen LogP contribution is 2.34. The van der Waals surface area contributed by atoms with Gasteiger partial charge in [0.2, 0.25) is 15.9 Å². The van der Waals surface area contributed by atoms with Gasteiger partial charge in [0, 0.05) is 32.6 Å². The van der Waals surface area contributed by atoms with E-state index >= 15 is 0 Å². The van der Waals surface area contributed by atoms with Crippen molar-refractivity contribution in [3.8, 4) is 0 Å². The Morgan fingerprint density at radius 2 is 2.08 bits per heavy atom. The van der Waals surface area contributed by atoms with Gasteiger partial charge in [-0.1, -0.05) is 11.6 Å². The Bertz CT molecular complexity index is 860. The van der Waals surface area contributed by atoms with Gasteiger partial charge in [0.25, 0.3) is 0 Å². The molecule has 2 aliphatic heterocycles. The molecule has 2 saturated heterocycles. The van der Waals surface area contributed by atoms with Crippen LogP contribution in [0.4, 0.5) is 4.39 Å². The molecule has 0 aromatic heterocycles. The van der Waals surface area contributed by atoms with Crippen LogP contribution in [-0.2, 0) is 14.8 Å². The van der Waals surface area contributed by atoms with E-state index in [0.717, 1.165) is 10.4 Å². The maximum absolute atomic E-state index is 14.2. The van der Waals surface area contributed by atoms with Crippen molar-refractivity contribution in [2.24, 2.45) is 5.92 Å². The minimum Gasteiger partial charge on any atom is -0.478 e. The number of fused-ring (bicyclic) bond motifs is 1. The van der Waals surface area contributed by atoms with E-state index in [1.54, 1.807) is 7.05 Å². The summed E-state index contributed by atoms with van der Waals surface area (Å²) in [5, 5.41) is 8.71. The number of hydrogen-bond donors (Lipinski definition) is 1. The first kappa shape index (κ1) is 18.1. The number of carboxylic acid groups (broad SMARTS) is 1. The van der Waals surface area contributed by atoms with E-state index in [1.165, 1.54) is 4.90 Å². The van der Waals surface area contributed by atoms with Crippen LogP contribution in [0.5, 0.6) is 0 Å². The fourth-order valence-corrected chi connectivity index (χ4v) is 5.21. The molecule has 1 aromatic rings. The first-order valence-corrected chi connectivity index (χ1v) is 9.43. The molecule has 10 heteroatoms.